The van der Waals surface area contributed by atoms with Gasteiger partial charge in [-0.15, -0.1) is 0 Å². The maximum atomic E-state index is 10.9. The third kappa shape index (κ3) is 3.14. The number of imide groups is 1. The van der Waals surface area contributed by atoms with Gasteiger partial charge in [0.25, 0.3) is 0 Å². The van der Waals surface area contributed by atoms with Crippen molar-refractivity contribution < 1.29 is 9.59 Å². The van der Waals surface area contributed by atoms with E-state index >= 15 is 0 Å². The second kappa shape index (κ2) is 4.65. The standard InChI is InChI=1S/C6H10INO2/c1-5(9)8(2)6(10)3-4-7/h3-4H2,1-2H3. The minimum Gasteiger partial charge on any atom is -0.286 e. The fraction of sp³-hybridized carbons (Fsp3) is 0.667. The van der Waals surface area contributed by atoms with E-state index in [1.807, 2.05) is 0 Å². The molecule has 0 fully saturated rings. The molecule has 10 heavy (non-hydrogen) atoms. The summed E-state index contributed by atoms with van der Waals surface area (Å²) < 4.78 is 0.758. The van der Waals surface area contributed by atoms with Crippen molar-refractivity contribution in [2.24, 2.45) is 0 Å². The molecule has 2 amide bonds. The third-order valence-corrected chi connectivity index (χ3v) is 1.69. The van der Waals surface area contributed by atoms with Crippen molar-refractivity contribution in [2.75, 3.05) is 11.5 Å². The molecule has 0 N–H and O–H groups in total. The maximum Gasteiger partial charge on any atom is 0.229 e. The Morgan fingerprint density at radius 2 is 2.00 bits per heavy atom. The topological polar surface area (TPSA) is 37.4 Å². The lowest BCUT2D eigenvalue weighted by Crippen LogP contribution is -2.30. The van der Waals surface area contributed by atoms with Gasteiger partial charge in [-0.05, 0) is 0 Å². The Hall–Kier alpha value is -0.130. The molecule has 0 aromatic heterocycles. The van der Waals surface area contributed by atoms with Crippen LogP contribution in [0, 0.1) is 0 Å². The lowest BCUT2D eigenvalue weighted by Gasteiger charge is -2.10. The fourth-order valence-corrected chi connectivity index (χ4v) is 0.886. The Kier molecular flexibility index (Phi) is 4.59. The van der Waals surface area contributed by atoms with Gasteiger partial charge >= 0.3 is 0 Å². The number of amides is 2. The number of alkyl halides is 1. The molecule has 0 aliphatic rings. The van der Waals surface area contributed by atoms with Crippen molar-refractivity contribution in [1.82, 2.24) is 4.90 Å². The average molecular weight is 255 g/mol. The van der Waals surface area contributed by atoms with Gasteiger partial charge in [0.1, 0.15) is 0 Å². The Labute approximate surface area is 73.9 Å². The molecule has 0 aromatic rings. The van der Waals surface area contributed by atoms with Gasteiger partial charge in [-0.3, -0.25) is 14.5 Å². The molecular formula is C6H10INO2. The fourth-order valence-electron chi connectivity index (χ4n) is 0.424. The second-order valence-electron chi connectivity index (χ2n) is 1.91. The maximum absolute atomic E-state index is 10.9. The van der Waals surface area contributed by atoms with Crippen LogP contribution in [0.25, 0.3) is 0 Å². The van der Waals surface area contributed by atoms with Gasteiger partial charge in [0.2, 0.25) is 11.8 Å². The van der Waals surface area contributed by atoms with Gasteiger partial charge in [-0.25, -0.2) is 0 Å². The quantitative estimate of drug-likeness (QED) is 0.541. The molecule has 0 saturated heterocycles. The number of nitrogens with zero attached hydrogens (tertiary/aromatic N) is 1. The van der Waals surface area contributed by atoms with E-state index in [2.05, 4.69) is 22.6 Å². The van der Waals surface area contributed by atoms with Crippen LogP contribution in [-0.4, -0.2) is 28.2 Å². The van der Waals surface area contributed by atoms with Gasteiger partial charge in [-0.1, -0.05) is 22.6 Å². The number of carbonyl (C=O) groups is 2. The molecule has 0 spiro atoms. The van der Waals surface area contributed by atoms with Crippen molar-refractivity contribution in [2.45, 2.75) is 13.3 Å². The Morgan fingerprint density at radius 3 is 2.30 bits per heavy atom. The van der Waals surface area contributed by atoms with Gasteiger partial charge in [-0.2, -0.15) is 0 Å². The summed E-state index contributed by atoms with van der Waals surface area (Å²) in [5.74, 6) is -0.309. The smallest absolute Gasteiger partial charge is 0.229 e. The summed E-state index contributed by atoms with van der Waals surface area (Å²) in [5, 5.41) is 0. The normalized spacial score (nSPS) is 9.10. The van der Waals surface area contributed by atoms with Crippen molar-refractivity contribution >= 4 is 34.4 Å². The lowest BCUT2D eigenvalue weighted by atomic mass is 10.4. The molecular weight excluding hydrogens is 245 g/mol. The predicted octanol–water partition coefficient (Wildman–Crippen LogP) is 0.816. The summed E-state index contributed by atoms with van der Waals surface area (Å²) in [6.07, 6.45) is 0.441. The highest BCUT2D eigenvalue weighted by Crippen LogP contribution is 1.94. The van der Waals surface area contributed by atoms with E-state index in [4.69, 9.17) is 0 Å². The predicted molar refractivity (Wildman–Crippen MR) is 47.0 cm³/mol. The van der Waals surface area contributed by atoms with E-state index in [-0.39, 0.29) is 11.8 Å². The van der Waals surface area contributed by atoms with Crippen molar-refractivity contribution in [3.63, 3.8) is 0 Å². The minimum absolute atomic E-state index is 0.109. The third-order valence-electron chi connectivity index (χ3n) is 1.15. The Balaban J connectivity index is 3.82. The average Bonchev–Trinajstić information content (AvgIpc) is 1.87. The van der Waals surface area contributed by atoms with E-state index in [0.717, 1.165) is 9.33 Å². The molecule has 3 nitrogen and oxygen atoms in total. The molecule has 0 radical (unpaired) electrons. The van der Waals surface area contributed by atoms with Gasteiger partial charge < -0.3 is 0 Å². The first-order valence-corrected chi connectivity index (χ1v) is 4.45. The molecule has 0 aromatic carbocycles. The second-order valence-corrected chi connectivity index (χ2v) is 2.99. The molecule has 4 heteroatoms. The molecule has 0 rings (SSSR count). The molecule has 58 valence electrons. The summed E-state index contributed by atoms with van der Waals surface area (Å²) in [4.78, 5) is 22.6. The molecule has 0 heterocycles. The Bertz CT molecular complexity index is 147. The molecule has 0 aliphatic heterocycles. The summed E-state index contributed by atoms with van der Waals surface area (Å²) in [5.41, 5.74) is 0. The van der Waals surface area contributed by atoms with Crippen LogP contribution >= 0.6 is 22.6 Å². The number of carbonyl (C=O) groups excluding carboxylic acids is 2. The molecule has 0 bridgehead atoms. The van der Waals surface area contributed by atoms with E-state index in [9.17, 15) is 9.59 Å². The highest BCUT2D eigenvalue weighted by molar-refractivity contribution is 14.1. The number of hydrogen-bond acceptors (Lipinski definition) is 2. The number of hydrogen-bond donors (Lipinski definition) is 0. The largest absolute Gasteiger partial charge is 0.286 e. The van der Waals surface area contributed by atoms with Crippen LogP contribution in [-0.2, 0) is 9.59 Å². The zero-order valence-corrected chi connectivity index (χ0v) is 8.21. The van der Waals surface area contributed by atoms with Gasteiger partial charge in [0, 0.05) is 24.8 Å². The zero-order valence-electron chi connectivity index (χ0n) is 6.06. The van der Waals surface area contributed by atoms with Gasteiger partial charge in [0.05, 0.1) is 0 Å². The summed E-state index contributed by atoms with van der Waals surface area (Å²) in [7, 11) is 1.50. The minimum atomic E-state index is -0.199. The first-order chi connectivity index (χ1) is 4.59. The molecule has 0 unspecified atom stereocenters. The lowest BCUT2D eigenvalue weighted by molar-refractivity contribution is -0.141. The monoisotopic (exact) mass is 255 g/mol. The van der Waals surface area contributed by atoms with E-state index < -0.39 is 0 Å². The van der Waals surface area contributed by atoms with Crippen LogP contribution in [0.1, 0.15) is 13.3 Å². The van der Waals surface area contributed by atoms with Crippen molar-refractivity contribution in [3.8, 4) is 0 Å². The van der Waals surface area contributed by atoms with Crippen LogP contribution in [0.3, 0.4) is 0 Å². The molecule has 0 atom stereocenters. The summed E-state index contributed by atoms with van der Waals surface area (Å²) in [6, 6.07) is 0. The van der Waals surface area contributed by atoms with Crippen LogP contribution in [0.2, 0.25) is 0 Å². The van der Waals surface area contributed by atoms with Crippen molar-refractivity contribution in [3.05, 3.63) is 0 Å². The van der Waals surface area contributed by atoms with Crippen molar-refractivity contribution in [1.29, 1.82) is 0 Å². The van der Waals surface area contributed by atoms with Crippen LogP contribution in [0.4, 0.5) is 0 Å². The van der Waals surface area contributed by atoms with Crippen LogP contribution in [0.15, 0.2) is 0 Å². The summed E-state index contributed by atoms with van der Waals surface area (Å²) in [6.45, 7) is 1.38. The van der Waals surface area contributed by atoms with E-state index in [0.29, 0.717) is 6.42 Å². The Morgan fingerprint density at radius 1 is 1.50 bits per heavy atom. The van der Waals surface area contributed by atoms with E-state index in [1.54, 1.807) is 0 Å². The van der Waals surface area contributed by atoms with E-state index in [1.165, 1.54) is 14.0 Å². The first kappa shape index (κ1) is 9.87. The molecule has 0 saturated carbocycles. The highest BCUT2D eigenvalue weighted by atomic mass is 127. The number of halogens is 1. The van der Waals surface area contributed by atoms with Gasteiger partial charge in [0.15, 0.2) is 0 Å². The first-order valence-electron chi connectivity index (χ1n) is 2.92. The zero-order chi connectivity index (χ0) is 8.15. The highest BCUT2D eigenvalue weighted by Gasteiger charge is 2.10. The van der Waals surface area contributed by atoms with Crippen LogP contribution in [0.5, 0.6) is 0 Å². The SMILES string of the molecule is CC(=O)N(C)C(=O)CCI. The van der Waals surface area contributed by atoms with Crippen LogP contribution < -0.4 is 0 Å². The summed E-state index contributed by atoms with van der Waals surface area (Å²) >= 11 is 2.10. The number of rotatable bonds is 2. The molecule has 0 aliphatic carbocycles.